The van der Waals surface area contributed by atoms with Crippen LogP contribution in [0.25, 0.3) is 10.9 Å². The molecule has 10 nitrogen and oxygen atoms in total. The molecule has 4 rings (SSSR count). The molecule has 1 aliphatic carbocycles. The van der Waals surface area contributed by atoms with Crippen molar-refractivity contribution in [1.82, 2.24) is 15.6 Å². The highest BCUT2D eigenvalue weighted by Gasteiger charge is 2.26. The number of hydrogen-bond acceptors (Lipinski definition) is 6. The molecular formula is C24H22N4O6. The average molecular weight is 462 g/mol. The predicted octanol–water partition coefficient (Wildman–Crippen LogP) is 2.31. The van der Waals surface area contributed by atoms with E-state index < -0.39 is 35.5 Å². The van der Waals surface area contributed by atoms with Crippen LogP contribution in [0.15, 0.2) is 59.4 Å². The summed E-state index contributed by atoms with van der Waals surface area (Å²) in [5.41, 5.74) is 0.678. The van der Waals surface area contributed by atoms with Crippen LogP contribution in [-0.2, 0) is 9.53 Å². The van der Waals surface area contributed by atoms with Gasteiger partial charge in [0.25, 0.3) is 11.8 Å². The molecule has 0 spiro atoms. The Morgan fingerprint density at radius 3 is 2.56 bits per heavy atom. The van der Waals surface area contributed by atoms with Gasteiger partial charge in [-0.25, -0.2) is 9.59 Å². The summed E-state index contributed by atoms with van der Waals surface area (Å²) < 4.78 is 5.15. The number of imide groups is 1. The van der Waals surface area contributed by atoms with Crippen LogP contribution in [0.2, 0.25) is 0 Å². The summed E-state index contributed by atoms with van der Waals surface area (Å²) in [6.45, 7) is 1.35. The molecule has 10 heteroatoms. The minimum atomic E-state index is -1.21. The molecule has 1 heterocycles. The number of aromatic nitrogens is 1. The highest BCUT2D eigenvalue weighted by molar-refractivity contribution is 6.12. The third kappa shape index (κ3) is 5.47. The summed E-state index contributed by atoms with van der Waals surface area (Å²) in [6.07, 6.45) is 0.532. The first-order chi connectivity index (χ1) is 16.3. The molecule has 0 aliphatic heterocycles. The van der Waals surface area contributed by atoms with Gasteiger partial charge in [0, 0.05) is 28.7 Å². The van der Waals surface area contributed by atoms with Crippen molar-refractivity contribution in [3.63, 3.8) is 0 Å². The van der Waals surface area contributed by atoms with Crippen LogP contribution in [0.1, 0.15) is 40.5 Å². The molecule has 4 amide bonds. The maximum Gasteiger partial charge on any atom is 0.338 e. The molecule has 1 aromatic heterocycles. The second-order valence-corrected chi connectivity index (χ2v) is 7.91. The first-order valence-electron chi connectivity index (χ1n) is 10.7. The highest BCUT2D eigenvalue weighted by atomic mass is 16.5. The fourth-order valence-corrected chi connectivity index (χ4v) is 3.26. The molecule has 0 radical (unpaired) electrons. The number of para-hydroxylation sites is 1. The van der Waals surface area contributed by atoms with Gasteiger partial charge in [-0.2, -0.15) is 0 Å². The zero-order valence-electron chi connectivity index (χ0n) is 18.2. The monoisotopic (exact) mass is 462 g/mol. The molecule has 4 N–H and O–H groups in total. The van der Waals surface area contributed by atoms with E-state index >= 15 is 0 Å². The number of anilines is 1. The maximum absolute atomic E-state index is 12.8. The Morgan fingerprint density at radius 2 is 1.79 bits per heavy atom. The summed E-state index contributed by atoms with van der Waals surface area (Å²) >= 11 is 0. The summed E-state index contributed by atoms with van der Waals surface area (Å²) in [4.78, 5) is 63.7. The lowest BCUT2D eigenvalue weighted by Gasteiger charge is -2.14. The molecule has 34 heavy (non-hydrogen) atoms. The maximum atomic E-state index is 12.8. The second-order valence-electron chi connectivity index (χ2n) is 7.91. The van der Waals surface area contributed by atoms with Gasteiger partial charge >= 0.3 is 12.0 Å². The van der Waals surface area contributed by atoms with Gasteiger partial charge in [0.1, 0.15) is 0 Å². The summed E-state index contributed by atoms with van der Waals surface area (Å²) in [6, 6.07) is 13.5. The number of H-pyrrole nitrogens is 1. The number of ether oxygens (including phenoxy) is 1. The number of amides is 4. The van der Waals surface area contributed by atoms with E-state index in [1.165, 1.54) is 31.2 Å². The number of urea groups is 1. The van der Waals surface area contributed by atoms with E-state index in [9.17, 15) is 24.0 Å². The van der Waals surface area contributed by atoms with E-state index in [1.54, 1.807) is 30.3 Å². The van der Waals surface area contributed by atoms with Gasteiger partial charge in [-0.3, -0.25) is 19.7 Å². The molecule has 1 fully saturated rings. The number of hydrogen-bond donors (Lipinski definition) is 4. The zero-order valence-corrected chi connectivity index (χ0v) is 18.2. The number of benzene rings is 2. The number of fused-ring (bicyclic) bond motifs is 1. The molecule has 3 aromatic rings. The third-order valence-electron chi connectivity index (χ3n) is 5.15. The lowest BCUT2D eigenvalue weighted by Crippen LogP contribution is -2.45. The van der Waals surface area contributed by atoms with Crippen LogP contribution >= 0.6 is 0 Å². The summed E-state index contributed by atoms with van der Waals surface area (Å²) in [5.74, 6) is -2.08. The number of carbonyl (C=O) groups is 4. The molecule has 1 saturated carbocycles. The van der Waals surface area contributed by atoms with Crippen LogP contribution in [0.5, 0.6) is 0 Å². The van der Waals surface area contributed by atoms with E-state index in [4.69, 9.17) is 4.74 Å². The van der Waals surface area contributed by atoms with Gasteiger partial charge in [0.15, 0.2) is 6.10 Å². The largest absolute Gasteiger partial charge is 0.449 e. The topological polar surface area (TPSA) is 146 Å². The van der Waals surface area contributed by atoms with Gasteiger partial charge in [-0.05, 0) is 44.0 Å². The number of pyridine rings is 1. The summed E-state index contributed by atoms with van der Waals surface area (Å²) in [7, 11) is 0. The Morgan fingerprint density at radius 1 is 1.03 bits per heavy atom. The fourth-order valence-electron chi connectivity index (χ4n) is 3.26. The van der Waals surface area contributed by atoms with Gasteiger partial charge in [-0.1, -0.05) is 24.3 Å². The zero-order chi connectivity index (χ0) is 24.2. The van der Waals surface area contributed by atoms with Crippen molar-refractivity contribution in [2.24, 2.45) is 0 Å². The quantitative estimate of drug-likeness (QED) is 0.414. The van der Waals surface area contributed by atoms with Crippen LogP contribution in [-0.4, -0.2) is 40.9 Å². The molecule has 0 bridgehead atoms. The normalized spacial score (nSPS) is 13.6. The van der Waals surface area contributed by atoms with Crippen molar-refractivity contribution in [1.29, 1.82) is 0 Å². The molecule has 1 unspecified atom stereocenters. The van der Waals surface area contributed by atoms with Crippen molar-refractivity contribution in [3.05, 3.63) is 76.1 Å². The van der Waals surface area contributed by atoms with Crippen molar-refractivity contribution in [2.75, 3.05) is 5.32 Å². The lowest BCUT2D eigenvalue weighted by atomic mass is 10.1. The van der Waals surface area contributed by atoms with Crippen LogP contribution in [0, 0.1) is 0 Å². The molecule has 0 saturated heterocycles. The summed E-state index contributed by atoms with van der Waals surface area (Å²) in [5, 5.41) is 7.97. The molecule has 174 valence electrons. The minimum Gasteiger partial charge on any atom is -0.449 e. The van der Waals surface area contributed by atoms with Gasteiger partial charge < -0.3 is 20.4 Å². The average Bonchev–Trinajstić information content (AvgIpc) is 3.62. The number of esters is 1. The van der Waals surface area contributed by atoms with Crippen LogP contribution in [0.4, 0.5) is 10.5 Å². The number of aromatic amines is 1. The van der Waals surface area contributed by atoms with Gasteiger partial charge in [-0.15, -0.1) is 0 Å². The highest BCUT2D eigenvalue weighted by Crippen LogP contribution is 2.19. The Labute approximate surface area is 193 Å². The van der Waals surface area contributed by atoms with E-state index in [2.05, 4.69) is 20.9 Å². The van der Waals surface area contributed by atoms with E-state index in [0.717, 1.165) is 12.8 Å². The third-order valence-corrected chi connectivity index (χ3v) is 5.15. The minimum absolute atomic E-state index is 0.0795. The van der Waals surface area contributed by atoms with Crippen molar-refractivity contribution in [3.8, 4) is 0 Å². The van der Waals surface area contributed by atoms with Crippen LogP contribution in [0.3, 0.4) is 0 Å². The second kappa shape index (κ2) is 9.57. The first-order valence-corrected chi connectivity index (χ1v) is 10.7. The van der Waals surface area contributed by atoms with E-state index in [1.807, 2.05) is 0 Å². The van der Waals surface area contributed by atoms with Crippen LogP contribution < -0.4 is 21.5 Å². The number of nitrogens with one attached hydrogen (secondary N) is 4. The van der Waals surface area contributed by atoms with Crippen molar-refractivity contribution >= 4 is 40.4 Å². The number of rotatable bonds is 6. The standard InChI is InChI=1S/C24H22N4O6/c1-13(21(30)28-24(33)26-15-9-10-15)34-23(32)14-5-4-6-16(11-14)25-22(31)18-12-20(29)27-19-8-3-2-7-17(18)19/h2-8,11-13,15H,9-10H2,1H3,(H,25,31)(H,27,29)(H2,26,28,30,33). The Hall–Kier alpha value is -4.47. The van der Waals surface area contributed by atoms with Gasteiger partial charge in [0.2, 0.25) is 5.56 Å². The van der Waals surface area contributed by atoms with Crippen molar-refractivity contribution < 1.29 is 23.9 Å². The predicted molar refractivity (Wildman–Crippen MR) is 124 cm³/mol. The molecule has 2 aromatic carbocycles. The molecule has 1 aliphatic rings. The SMILES string of the molecule is CC(OC(=O)c1cccc(NC(=O)c2cc(=O)[nH]c3ccccc23)c1)C(=O)NC(=O)NC1CC1. The first kappa shape index (κ1) is 22.7. The Kier molecular flexibility index (Phi) is 6.39. The van der Waals surface area contributed by atoms with E-state index in [-0.39, 0.29) is 17.2 Å². The smallest absolute Gasteiger partial charge is 0.338 e. The van der Waals surface area contributed by atoms with Gasteiger partial charge in [0.05, 0.1) is 11.1 Å². The fraction of sp³-hybridized carbons (Fsp3) is 0.208. The Balaban J connectivity index is 1.42. The molecule has 1 atom stereocenters. The van der Waals surface area contributed by atoms with Crippen molar-refractivity contribution in [2.45, 2.75) is 31.9 Å². The van der Waals surface area contributed by atoms with E-state index in [0.29, 0.717) is 16.6 Å². The number of carbonyl (C=O) groups excluding carboxylic acids is 4. The lowest BCUT2D eigenvalue weighted by molar-refractivity contribution is -0.127. The molecular weight excluding hydrogens is 440 g/mol. The Bertz CT molecular complexity index is 1340.